The summed E-state index contributed by atoms with van der Waals surface area (Å²) in [5.74, 6) is 5.52. The highest BCUT2D eigenvalue weighted by atomic mass is 19.1. The predicted octanol–water partition coefficient (Wildman–Crippen LogP) is 2.12. The molecule has 18 heavy (non-hydrogen) atoms. The Bertz CT molecular complexity index is 469. The Kier molecular flexibility index (Phi) is 4.35. The van der Waals surface area contributed by atoms with E-state index in [-0.39, 0.29) is 5.82 Å². The van der Waals surface area contributed by atoms with Crippen molar-refractivity contribution in [2.75, 3.05) is 13.1 Å². The van der Waals surface area contributed by atoms with Crippen molar-refractivity contribution in [1.29, 1.82) is 0 Å². The number of halogens is 1. The van der Waals surface area contributed by atoms with Gasteiger partial charge in [-0.3, -0.25) is 4.90 Å². The first-order valence-corrected chi connectivity index (χ1v) is 6.46. The average molecular weight is 246 g/mol. The highest BCUT2D eigenvalue weighted by Crippen LogP contribution is 2.28. The molecule has 0 radical (unpaired) electrons. The fraction of sp³-hybridized carbons (Fsp3) is 0.467. The fourth-order valence-corrected chi connectivity index (χ4v) is 2.11. The topological polar surface area (TPSA) is 29.3 Å². The monoisotopic (exact) mass is 246 g/mol. The summed E-state index contributed by atoms with van der Waals surface area (Å²) in [4.78, 5) is 2.42. The number of hydrogen-bond donors (Lipinski definition) is 1. The summed E-state index contributed by atoms with van der Waals surface area (Å²) in [6.07, 6.45) is 2.55. The Balaban J connectivity index is 2.19. The minimum Gasteiger partial charge on any atom is -0.320 e. The molecule has 0 spiro atoms. The van der Waals surface area contributed by atoms with Gasteiger partial charge in [-0.2, -0.15) is 0 Å². The molecule has 0 aliphatic heterocycles. The van der Waals surface area contributed by atoms with Gasteiger partial charge in [-0.15, -0.1) is 0 Å². The molecular weight excluding hydrogens is 227 g/mol. The zero-order chi connectivity index (χ0) is 13.0. The average Bonchev–Trinajstić information content (AvgIpc) is 3.19. The fourth-order valence-electron chi connectivity index (χ4n) is 2.11. The Labute approximate surface area is 108 Å². The molecule has 3 heteroatoms. The first kappa shape index (κ1) is 13.1. The maximum absolute atomic E-state index is 13.3. The van der Waals surface area contributed by atoms with Crippen LogP contribution in [0, 0.1) is 17.7 Å². The van der Waals surface area contributed by atoms with E-state index in [2.05, 4.69) is 23.7 Å². The second kappa shape index (κ2) is 5.99. The molecule has 0 aromatic heterocycles. The zero-order valence-corrected chi connectivity index (χ0v) is 10.7. The van der Waals surface area contributed by atoms with Crippen LogP contribution in [0.3, 0.4) is 0 Å². The van der Waals surface area contributed by atoms with Crippen molar-refractivity contribution in [3.63, 3.8) is 0 Å². The second-order valence-corrected chi connectivity index (χ2v) is 4.60. The minimum absolute atomic E-state index is 0.241. The molecule has 0 unspecified atom stereocenters. The van der Waals surface area contributed by atoms with Gasteiger partial charge in [0.1, 0.15) is 5.82 Å². The Morgan fingerprint density at radius 3 is 2.83 bits per heavy atom. The van der Waals surface area contributed by atoms with Crippen LogP contribution < -0.4 is 5.73 Å². The molecule has 0 saturated heterocycles. The van der Waals surface area contributed by atoms with Gasteiger partial charge in [-0.25, -0.2) is 4.39 Å². The van der Waals surface area contributed by atoms with Gasteiger partial charge < -0.3 is 5.73 Å². The first-order chi connectivity index (χ1) is 8.74. The van der Waals surface area contributed by atoms with Gasteiger partial charge in [0.25, 0.3) is 0 Å². The van der Waals surface area contributed by atoms with Gasteiger partial charge in [0, 0.05) is 18.2 Å². The number of benzene rings is 1. The van der Waals surface area contributed by atoms with Crippen molar-refractivity contribution >= 4 is 0 Å². The summed E-state index contributed by atoms with van der Waals surface area (Å²) in [5.41, 5.74) is 7.22. The van der Waals surface area contributed by atoms with Crippen LogP contribution in [0.1, 0.15) is 30.9 Å². The van der Waals surface area contributed by atoms with Gasteiger partial charge in [0.05, 0.1) is 6.54 Å². The van der Waals surface area contributed by atoms with E-state index in [1.54, 1.807) is 0 Å². The molecule has 2 N–H and O–H groups in total. The zero-order valence-electron chi connectivity index (χ0n) is 10.7. The van der Waals surface area contributed by atoms with Gasteiger partial charge >= 0.3 is 0 Å². The molecule has 1 saturated carbocycles. The van der Waals surface area contributed by atoms with Crippen LogP contribution in [0.15, 0.2) is 18.2 Å². The third kappa shape index (κ3) is 3.32. The van der Waals surface area contributed by atoms with Crippen LogP contribution in [0.4, 0.5) is 4.39 Å². The third-order valence-corrected chi connectivity index (χ3v) is 3.24. The summed E-state index contributed by atoms with van der Waals surface area (Å²) in [6.45, 7) is 4.32. The van der Waals surface area contributed by atoms with Crippen molar-refractivity contribution in [3.8, 4) is 11.8 Å². The normalized spacial score (nSPS) is 14.4. The summed E-state index contributed by atoms with van der Waals surface area (Å²) >= 11 is 0. The molecule has 0 heterocycles. The van der Waals surface area contributed by atoms with Crippen molar-refractivity contribution in [2.24, 2.45) is 5.73 Å². The summed E-state index contributed by atoms with van der Waals surface area (Å²) in [6, 6.07) is 5.54. The lowest BCUT2D eigenvalue weighted by atomic mass is 10.1. The Morgan fingerprint density at radius 2 is 2.22 bits per heavy atom. The number of nitrogens with zero attached hydrogens (tertiary/aromatic N) is 1. The summed E-state index contributed by atoms with van der Waals surface area (Å²) in [7, 11) is 0. The quantitative estimate of drug-likeness (QED) is 0.825. The summed E-state index contributed by atoms with van der Waals surface area (Å²) < 4.78 is 13.3. The van der Waals surface area contributed by atoms with Gasteiger partial charge in [-0.1, -0.05) is 24.8 Å². The highest BCUT2D eigenvalue weighted by Gasteiger charge is 2.27. The third-order valence-electron chi connectivity index (χ3n) is 3.24. The first-order valence-electron chi connectivity index (χ1n) is 6.46. The van der Waals surface area contributed by atoms with Crippen LogP contribution in [0.5, 0.6) is 0 Å². The van der Waals surface area contributed by atoms with Crippen molar-refractivity contribution in [2.45, 2.75) is 32.4 Å². The van der Waals surface area contributed by atoms with Crippen LogP contribution in [-0.2, 0) is 6.54 Å². The van der Waals surface area contributed by atoms with E-state index in [9.17, 15) is 4.39 Å². The van der Waals surface area contributed by atoms with Gasteiger partial charge in [0.15, 0.2) is 0 Å². The maximum atomic E-state index is 13.3. The highest BCUT2D eigenvalue weighted by molar-refractivity contribution is 5.42. The number of rotatable bonds is 4. The molecule has 96 valence electrons. The van der Waals surface area contributed by atoms with E-state index in [1.807, 2.05) is 6.07 Å². The second-order valence-electron chi connectivity index (χ2n) is 4.60. The standard InChI is InChI=1S/C15H19FN2/c1-2-18(15-7-8-15)11-13-5-6-14(16)10-12(13)4-3-9-17/h5-6,10,15H,2,7-9,11,17H2,1H3. The molecule has 1 aliphatic carbocycles. The molecule has 2 rings (SSSR count). The lowest BCUT2D eigenvalue weighted by molar-refractivity contribution is 0.269. The van der Waals surface area contributed by atoms with Crippen molar-refractivity contribution in [3.05, 3.63) is 35.1 Å². The largest absolute Gasteiger partial charge is 0.320 e. The van der Waals surface area contributed by atoms with Crippen molar-refractivity contribution < 1.29 is 4.39 Å². The SMILES string of the molecule is CCN(Cc1ccc(F)cc1C#CCN)C1CC1. The maximum Gasteiger partial charge on any atom is 0.124 e. The van der Waals surface area contributed by atoms with Crippen LogP contribution in [-0.4, -0.2) is 24.0 Å². The molecule has 1 aromatic rings. The number of nitrogens with two attached hydrogens (primary N) is 1. The lowest BCUT2D eigenvalue weighted by Crippen LogP contribution is -2.25. The molecule has 1 fully saturated rings. The number of hydrogen-bond acceptors (Lipinski definition) is 2. The van der Waals surface area contributed by atoms with E-state index in [0.29, 0.717) is 12.6 Å². The van der Waals surface area contributed by atoms with Crippen LogP contribution in [0.2, 0.25) is 0 Å². The molecule has 2 nitrogen and oxygen atoms in total. The smallest absolute Gasteiger partial charge is 0.124 e. The van der Waals surface area contributed by atoms with E-state index >= 15 is 0 Å². The molecule has 0 amide bonds. The van der Waals surface area contributed by atoms with E-state index in [0.717, 1.165) is 24.2 Å². The molecular formula is C15H19FN2. The molecule has 1 aromatic carbocycles. The Morgan fingerprint density at radius 1 is 1.44 bits per heavy atom. The van der Waals surface area contributed by atoms with E-state index in [1.165, 1.54) is 25.0 Å². The van der Waals surface area contributed by atoms with Gasteiger partial charge in [-0.05, 0) is 37.1 Å². The Hall–Kier alpha value is -1.37. The van der Waals surface area contributed by atoms with Crippen molar-refractivity contribution in [1.82, 2.24) is 4.90 Å². The lowest BCUT2D eigenvalue weighted by Gasteiger charge is -2.20. The minimum atomic E-state index is -0.241. The molecule has 0 atom stereocenters. The van der Waals surface area contributed by atoms with Gasteiger partial charge in [0.2, 0.25) is 0 Å². The van der Waals surface area contributed by atoms with E-state index < -0.39 is 0 Å². The molecule has 1 aliphatic rings. The van der Waals surface area contributed by atoms with Crippen LogP contribution >= 0.6 is 0 Å². The van der Waals surface area contributed by atoms with Crippen LogP contribution in [0.25, 0.3) is 0 Å². The predicted molar refractivity (Wildman–Crippen MR) is 71.4 cm³/mol. The van der Waals surface area contributed by atoms with E-state index in [4.69, 9.17) is 5.73 Å². The summed E-state index contributed by atoms with van der Waals surface area (Å²) in [5, 5.41) is 0. The molecule has 0 bridgehead atoms.